The molecule has 0 spiro atoms. The molecule has 1 amide bonds. The molecule has 0 aliphatic heterocycles. The van der Waals surface area contributed by atoms with E-state index in [0.717, 1.165) is 16.2 Å². The Morgan fingerprint density at radius 3 is 2.56 bits per heavy atom. The molecule has 1 aromatic heterocycles. The number of thioether (sulfide) groups is 1. The molecule has 7 heteroatoms. The van der Waals surface area contributed by atoms with Crippen molar-refractivity contribution in [1.82, 2.24) is 10.2 Å². The molecule has 0 saturated carbocycles. The van der Waals surface area contributed by atoms with Crippen molar-refractivity contribution in [3.05, 3.63) is 65.5 Å². The second-order valence-electron chi connectivity index (χ2n) is 5.99. The summed E-state index contributed by atoms with van der Waals surface area (Å²) in [5.74, 6) is 1.79. The molecule has 140 valence electrons. The Hall–Kier alpha value is -2.80. The number of aryl methyl sites for hydroxylation is 1. The first kappa shape index (κ1) is 19.0. The largest absolute Gasteiger partial charge is 0.497 e. The van der Waals surface area contributed by atoms with E-state index in [0.29, 0.717) is 24.5 Å². The summed E-state index contributed by atoms with van der Waals surface area (Å²) in [6.07, 6.45) is 0.892. The molecule has 3 rings (SSSR count). The van der Waals surface area contributed by atoms with E-state index in [1.54, 1.807) is 18.9 Å². The van der Waals surface area contributed by atoms with E-state index in [4.69, 9.17) is 9.15 Å². The molecule has 0 aliphatic rings. The van der Waals surface area contributed by atoms with Gasteiger partial charge in [0, 0.05) is 17.1 Å². The van der Waals surface area contributed by atoms with E-state index in [1.165, 1.54) is 5.56 Å². The summed E-state index contributed by atoms with van der Waals surface area (Å²) in [4.78, 5) is 13.1. The molecule has 3 aromatic rings. The predicted molar refractivity (Wildman–Crippen MR) is 105 cm³/mol. The number of hydrogen-bond acceptors (Lipinski definition) is 6. The normalized spacial score (nSPS) is 10.6. The zero-order valence-corrected chi connectivity index (χ0v) is 16.1. The summed E-state index contributed by atoms with van der Waals surface area (Å²) in [5, 5.41) is 10.5. The third-order valence-electron chi connectivity index (χ3n) is 3.85. The summed E-state index contributed by atoms with van der Waals surface area (Å²) in [5.41, 5.74) is 2.28. The molecule has 0 saturated heterocycles. The smallest absolute Gasteiger partial charge is 0.322 e. The lowest BCUT2D eigenvalue weighted by molar-refractivity contribution is -0.115. The van der Waals surface area contributed by atoms with Crippen molar-refractivity contribution in [3.63, 3.8) is 0 Å². The molecule has 6 nitrogen and oxygen atoms in total. The number of benzene rings is 2. The van der Waals surface area contributed by atoms with Crippen LogP contribution in [0.3, 0.4) is 0 Å². The summed E-state index contributed by atoms with van der Waals surface area (Å²) in [7, 11) is 1.64. The van der Waals surface area contributed by atoms with Crippen molar-refractivity contribution >= 4 is 23.7 Å². The van der Waals surface area contributed by atoms with Gasteiger partial charge in [-0.1, -0.05) is 34.9 Å². The van der Waals surface area contributed by atoms with Gasteiger partial charge in [0.25, 0.3) is 0 Å². The van der Waals surface area contributed by atoms with Crippen LogP contribution in [0.4, 0.5) is 6.01 Å². The highest BCUT2D eigenvalue weighted by atomic mass is 32.2. The van der Waals surface area contributed by atoms with Crippen molar-refractivity contribution in [2.45, 2.75) is 24.7 Å². The number of nitrogens with zero attached hydrogens (tertiary/aromatic N) is 2. The molecule has 0 atom stereocenters. The second-order valence-corrected chi connectivity index (χ2v) is 7.15. The Bertz CT molecular complexity index is 876. The molecule has 0 aliphatic carbocycles. The third kappa shape index (κ3) is 5.86. The molecule has 0 radical (unpaired) electrons. The van der Waals surface area contributed by atoms with Crippen molar-refractivity contribution < 1.29 is 13.9 Å². The highest BCUT2D eigenvalue weighted by Gasteiger charge is 2.10. The van der Waals surface area contributed by atoms with E-state index in [2.05, 4.69) is 15.5 Å². The van der Waals surface area contributed by atoms with Gasteiger partial charge in [-0.2, -0.15) is 0 Å². The van der Waals surface area contributed by atoms with Crippen LogP contribution in [0.5, 0.6) is 5.75 Å². The number of carbonyl (C=O) groups is 1. The van der Waals surface area contributed by atoms with Gasteiger partial charge in [-0.25, -0.2) is 0 Å². The molecule has 2 aromatic carbocycles. The van der Waals surface area contributed by atoms with E-state index in [9.17, 15) is 4.79 Å². The molecule has 0 fully saturated rings. The van der Waals surface area contributed by atoms with Crippen LogP contribution in [-0.2, 0) is 11.2 Å². The van der Waals surface area contributed by atoms with Crippen molar-refractivity contribution in [2.75, 3.05) is 18.2 Å². The fourth-order valence-electron chi connectivity index (χ4n) is 2.37. The summed E-state index contributed by atoms with van der Waals surface area (Å²) in [6.45, 7) is 2.04. The van der Waals surface area contributed by atoms with Gasteiger partial charge >= 0.3 is 6.01 Å². The van der Waals surface area contributed by atoms with Crippen LogP contribution in [0.15, 0.2) is 57.8 Å². The fraction of sp³-hybridized carbons (Fsp3) is 0.250. The van der Waals surface area contributed by atoms with Crippen LogP contribution in [0, 0.1) is 6.92 Å². The van der Waals surface area contributed by atoms with Gasteiger partial charge in [-0.3, -0.25) is 10.1 Å². The maximum absolute atomic E-state index is 12.0. The Balaban J connectivity index is 1.43. The number of rotatable bonds is 8. The van der Waals surface area contributed by atoms with Crippen LogP contribution in [-0.4, -0.2) is 29.0 Å². The van der Waals surface area contributed by atoms with Crippen LogP contribution in [0.2, 0.25) is 0 Å². The molecule has 1 heterocycles. The first-order valence-corrected chi connectivity index (χ1v) is 9.55. The lowest BCUT2D eigenvalue weighted by atomic mass is 10.1. The molecular formula is C20H21N3O3S. The molecule has 27 heavy (non-hydrogen) atoms. The summed E-state index contributed by atoms with van der Waals surface area (Å²) in [6, 6.07) is 16.0. The minimum absolute atomic E-state index is 0.136. The minimum Gasteiger partial charge on any atom is -0.497 e. The number of nitrogens with one attached hydrogen (secondary N) is 1. The maximum Gasteiger partial charge on any atom is 0.322 e. The Kier molecular flexibility index (Phi) is 6.49. The minimum atomic E-state index is -0.151. The van der Waals surface area contributed by atoms with Gasteiger partial charge in [0.1, 0.15) is 5.75 Å². The van der Waals surface area contributed by atoms with Crippen molar-refractivity contribution in [2.24, 2.45) is 0 Å². The van der Waals surface area contributed by atoms with Gasteiger partial charge in [-0.05, 0) is 36.8 Å². The Morgan fingerprint density at radius 1 is 1.11 bits per heavy atom. The van der Waals surface area contributed by atoms with E-state index in [1.807, 2.05) is 55.5 Å². The number of hydrogen-bond donors (Lipinski definition) is 1. The van der Waals surface area contributed by atoms with Gasteiger partial charge < -0.3 is 9.15 Å². The monoisotopic (exact) mass is 383 g/mol. The maximum atomic E-state index is 12.0. The number of methoxy groups -OCH3 is 1. The lowest BCUT2D eigenvalue weighted by Crippen LogP contribution is -2.12. The second kappa shape index (κ2) is 9.23. The first-order chi connectivity index (χ1) is 13.1. The van der Waals surface area contributed by atoms with E-state index >= 15 is 0 Å². The molecule has 0 unspecified atom stereocenters. The number of carbonyl (C=O) groups excluding carboxylic acids is 1. The highest BCUT2D eigenvalue weighted by molar-refractivity contribution is 7.99. The van der Waals surface area contributed by atoms with Crippen molar-refractivity contribution in [3.8, 4) is 5.75 Å². The van der Waals surface area contributed by atoms with Gasteiger partial charge in [0.05, 0.1) is 13.5 Å². The first-order valence-electron chi connectivity index (χ1n) is 8.57. The van der Waals surface area contributed by atoms with Crippen LogP contribution in [0.25, 0.3) is 0 Å². The molecular weight excluding hydrogens is 362 g/mol. The Labute approximate surface area is 162 Å². The average molecular weight is 383 g/mol. The lowest BCUT2D eigenvalue weighted by Gasteiger charge is -2.03. The average Bonchev–Trinajstić information content (AvgIpc) is 3.11. The summed E-state index contributed by atoms with van der Waals surface area (Å²) >= 11 is 1.60. The zero-order chi connectivity index (χ0) is 19.1. The zero-order valence-electron chi connectivity index (χ0n) is 15.3. The number of aromatic nitrogens is 2. The predicted octanol–water partition coefficient (Wildman–Crippen LogP) is 4.10. The number of ether oxygens (including phenoxy) is 1. The number of anilines is 1. The van der Waals surface area contributed by atoms with Gasteiger partial charge in [0.2, 0.25) is 11.8 Å². The van der Waals surface area contributed by atoms with Crippen molar-refractivity contribution in [1.29, 1.82) is 0 Å². The molecule has 1 N–H and O–H groups in total. The highest BCUT2D eigenvalue weighted by Crippen LogP contribution is 2.22. The third-order valence-corrected chi connectivity index (χ3v) is 4.86. The van der Waals surface area contributed by atoms with E-state index < -0.39 is 0 Å². The Morgan fingerprint density at radius 2 is 1.85 bits per heavy atom. The molecule has 0 bridgehead atoms. The van der Waals surface area contributed by atoms with Crippen LogP contribution >= 0.6 is 11.8 Å². The topological polar surface area (TPSA) is 77.2 Å². The van der Waals surface area contributed by atoms with Gasteiger partial charge in [-0.15, -0.1) is 16.9 Å². The van der Waals surface area contributed by atoms with Crippen LogP contribution < -0.4 is 10.1 Å². The number of amides is 1. The van der Waals surface area contributed by atoms with Gasteiger partial charge in [0.15, 0.2) is 0 Å². The van der Waals surface area contributed by atoms with E-state index in [-0.39, 0.29) is 11.9 Å². The van der Waals surface area contributed by atoms with Crippen LogP contribution in [0.1, 0.15) is 23.4 Å². The quantitative estimate of drug-likeness (QED) is 0.590. The summed E-state index contributed by atoms with van der Waals surface area (Å²) < 4.78 is 10.6. The standard InChI is InChI=1S/C20H21N3O3S/c1-14-3-5-15(6-4-14)13-19-22-23-20(26-19)21-18(24)11-12-27-17-9-7-16(25-2)8-10-17/h3-10H,11-13H2,1-2H3,(H,21,23,24). The SMILES string of the molecule is COc1ccc(SCCC(=O)Nc2nnc(Cc3ccc(C)cc3)o2)cc1. The fourth-order valence-corrected chi connectivity index (χ4v) is 3.22.